The smallest absolute Gasteiger partial charge is 0.238 e. The van der Waals surface area contributed by atoms with Crippen LogP contribution in [0.4, 0.5) is 5.69 Å². The van der Waals surface area contributed by atoms with Crippen LogP contribution in [0.2, 0.25) is 5.02 Å². The Morgan fingerprint density at radius 2 is 1.77 bits per heavy atom. The minimum absolute atomic E-state index is 0.155. The standard InChI is InChI=1S/C19H23ClN2O4/c1-22(10-11-26-16-7-5-15(24-2)6-8-16)13-19(23)21-17-12-14(20)4-9-18(17)25-3/h4-9,12H,10-11,13H2,1-3H3,(H,21,23). The van der Waals surface area contributed by atoms with Crippen LogP contribution in [0.5, 0.6) is 17.2 Å². The van der Waals surface area contributed by atoms with Gasteiger partial charge in [-0.3, -0.25) is 9.69 Å². The molecule has 0 saturated heterocycles. The quantitative estimate of drug-likeness (QED) is 0.725. The lowest BCUT2D eigenvalue weighted by molar-refractivity contribution is -0.117. The van der Waals surface area contributed by atoms with Gasteiger partial charge < -0.3 is 19.5 Å². The summed E-state index contributed by atoms with van der Waals surface area (Å²) in [6, 6.07) is 12.4. The van der Waals surface area contributed by atoms with Gasteiger partial charge in [-0.15, -0.1) is 0 Å². The minimum Gasteiger partial charge on any atom is -0.497 e. The third-order valence-electron chi connectivity index (χ3n) is 3.65. The maximum absolute atomic E-state index is 12.2. The molecule has 1 amide bonds. The molecule has 0 bridgehead atoms. The van der Waals surface area contributed by atoms with Gasteiger partial charge in [0.25, 0.3) is 0 Å². The zero-order valence-electron chi connectivity index (χ0n) is 15.1. The molecule has 1 N–H and O–H groups in total. The molecule has 0 spiro atoms. The predicted molar refractivity (Wildman–Crippen MR) is 103 cm³/mol. The number of likely N-dealkylation sites (N-methyl/N-ethyl adjacent to an activating group) is 1. The molecule has 0 heterocycles. The molecule has 0 unspecified atom stereocenters. The Morgan fingerprint density at radius 1 is 1.08 bits per heavy atom. The molecule has 2 rings (SSSR count). The molecule has 26 heavy (non-hydrogen) atoms. The molecule has 0 aliphatic rings. The predicted octanol–water partition coefficient (Wildman–Crippen LogP) is 3.31. The first-order valence-electron chi connectivity index (χ1n) is 8.10. The number of carbonyl (C=O) groups is 1. The van der Waals surface area contributed by atoms with Crippen molar-refractivity contribution in [2.75, 3.05) is 46.3 Å². The van der Waals surface area contributed by atoms with Crippen LogP contribution in [0.15, 0.2) is 42.5 Å². The fourth-order valence-corrected chi connectivity index (χ4v) is 2.46. The third kappa shape index (κ3) is 6.13. The van der Waals surface area contributed by atoms with Crippen LogP contribution in [-0.2, 0) is 4.79 Å². The maximum atomic E-state index is 12.2. The Labute approximate surface area is 158 Å². The van der Waals surface area contributed by atoms with Gasteiger partial charge in [-0.25, -0.2) is 0 Å². The lowest BCUT2D eigenvalue weighted by Crippen LogP contribution is -2.33. The highest BCUT2D eigenvalue weighted by atomic mass is 35.5. The van der Waals surface area contributed by atoms with Crippen molar-refractivity contribution in [3.63, 3.8) is 0 Å². The number of methoxy groups -OCH3 is 2. The molecule has 0 aromatic heterocycles. The fourth-order valence-electron chi connectivity index (χ4n) is 2.28. The van der Waals surface area contributed by atoms with E-state index >= 15 is 0 Å². The molecule has 140 valence electrons. The Morgan fingerprint density at radius 3 is 2.42 bits per heavy atom. The van der Waals surface area contributed by atoms with E-state index in [2.05, 4.69) is 5.32 Å². The van der Waals surface area contributed by atoms with Gasteiger partial charge in [0.05, 0.1) is 26.5 Å². The van der Waals surface area contributed by atoms with Crippen LogP contribution in [0.3, 0.4) is 0 Å². The Hall–Kier alpha value is -2.44. The molecule has 0 aliphatic heterocycles. The van der Waals surface area contributed by atoms with Gasteiger partial charge in [0.1, 0.15) is 23.9 Å². The number of amides is 1. The van der Waals surface area contributed by atoms with Gasteiger partial charge in [-0.1, -0.05) is 11.6 Å². The van der Waals surface area contributed by atoms with E-state index < -0.39 is 0 Å². The van der Waals surface area contributed by atoms with Crippen molar-refractivity contribution in [1.29, 1.82) is 0 Å². The number of carbonyl (C=O) groups excluding carboxylic acids is 1. The lowest BCUT2D eigenvalue weighted by Gasteiger charge is -2.17. The summed E-state index contributed by atoms with van der Waals surface area (Å²) in [5.41, 5.74) is 0.549. The molecule has 7 heteroatoms. The first-order valence-corrected chi connectivity index (χ1v) is 8.48. The topological polar surface area (TPSA) is 60.0 Å². The number of hydrogen-bond donors (Lipinski definition) is 1. The number of halogens is 1. The monoisotopic (exact) mass is 378 g/mol. The zero-order chi connectivity index (χ0) is 18.9. The lowest BCUT2D eigenvalue weighted by atomic mass is 10.3. The summed E-state index contributed by atoms with van der Waals surface area (Å²) < 4.78 is 16.0. The summed E-state index contributed by atoms with van der Waals surface area (Å²) in [5.74, 6) is 1.95. The third-order valence-corrected chi connectivity index (χ3v) is 3.89. The maximum Gasteiger partial charge on any atom is 0.238 e. The average Bonchev–Trinajstić information content (AvgIpc) is 2.62. The highest BCUT2D eigenvalue weighted by Crippen LogP contribution is 2.27. The van der Waals surface area contributed by atoms with Crippen LogP contribution in [-0.4, -0.2) is 51.8 Å². The fraction of sp³-hybridized carbons (Fsp3) is 0.316. The number of benzene rings is 2. The van der Waals surface area contributed by atoms with E-state index in [1.807, 2.05) is 36.2 Å². The van der Waals surface area contributed by atoms with E-state index in [9.17, 15) is 4.79 Å². The number of rotatable bonds is 9. The molecular formula is C19H23ClN2O4. The van der Waals surface area contributed by atoms with Gasteiger partial charge in [0.15, 0.2) is 0 Å². The minimum atomic E-state index is -0.155. The molecule has 0 fully saturated rings. The van der Waals surface area contributed by atoms with E-state index in [1.54, 1.807) is 32.4 Å². The van der Waals surface area contributed by atoms with E-state index in [0.717, 1.165) is 11.5 Å². The normalized spacial score (nSPS) is 10.5. The number of nitrogens with one attached hydrogen (secondary N) is 1. The molecule has 2 aromatic carbocycles. The summed E-state index contributed by atoms with van der Waals surface area (Å²) in [5, 5.41) is 3.34. The van der Waals surface area contributed by atoms with Gasteiger partial charge in [-0.2, -0.15) is 0 Å². The second-order valence-corrected chi connectivity index (χ2v) is 6.09. The summed E-state index contributed by atoms with van der Waals surface area (Å²) >= 11 is 5.97. The second kappa shape index (κ2) is 9.89. The van der Waals surface area contributed by atoms with Crippen LogP contribution in [0, 0.1) is 0 Å². The van der Waals surface area contributed by atoms with Crippen molar-refractivity contribution < 1.29 is 19.0 Å². The SMILES string of the molecule is COc1ccc(OCCN(C)CC(=O)Nc2cc(Cl)ccc2OC)cc1. The van der Waals surface area contributed by atoms with E-state index in [0.29, 0.717) is 29.6 Å². The Bertz CT molecular complexity index is 722. The molecule has 0 aliphatic carbocycles. The molecule has 6 nitrogen and oxygen atoms in total. The molecular weight excluding hydrogens is 356 g/mol. The van der Waals surface area contributed by atoms with E-state index in [-0.39, 0.29) is 12.5 Å². The zero-order valence-corrected chi connectivity index (χ0v) is 15.9. The van der Waals surface area contributed by atoms with E-state index in [4.69, 9.17) is 25.8 Å². The van der Waals surface area contributed by atoms with Crippen LogP contribution >= 0.6 is 11.6 Å². The highest BCUT2D eigenvalue weighted by Gasteiger charge is 2.11. The molecule has 0 atom stereocenters. The first kappa shape index (κ1) is 19.9. The number of hydrogen-bond acceptors (Lipinski definition) is 5. The average molecular weight is 379 g/mol. The second-order valence-electron chi connectivity index (χ2n) is 5.65. The summed E-state index contributed by atoms with van der Waals surface area (Å²) in [6.07, 6.45) is 0. The van der Waals surface area contributed by atoms with Crippen molar-refractivity contribution in [1.82, 2.24) is 4.90 Å². The summed E-state index contributed by atoms with van der Waals surface area (Å²) in [4.78, 5) is 14.1. The van der Waals surface area contributed by atoms with Crippen LogP contribution in [0.25, 0.3) is 0 Å². The van der Waals surface area contributed by atoms with Crippen LogP contribution < -0.4 is 19.5 Å². The summed E-state index contributed by atoms with van der Waals surface area (Å²) in [6.45, 7) is 1.30. The summed E-state index contributed by atoms with van der Waals surface area (Å²) in [7, 11) is 5.02. The highest BCUT2D eigenvalue weighted by molar-refractivity contribution is 6.31. The van der Waals surface area contributed by atoms with Crippen molar-refractivity contribution in [2.24, 2.45) is 0 Å². The van der Waals surface area contributed by atoms with Gasteiger partial charge in [0, 0.05) is 11.6 Å². The number of nitrogens with zero attached hydrogens (tertiary/aromatic N) is 1. The van der Waals surface area contributed by atoms with Gasteiger partial charge >= 0.3 is 0 Å². The van der Waals surface area contributed by atoms with Gasteiger partial charge in [0.2, 0.25) is 5.91 Å². The first-order chi connectivity index (χ1) is 12.5. The van der Waals surface area contributed by atoms with Crippen molar-refractivity contribution in [2.45, 2.75) is 0 Å². The molecule has 0 radical (unpaired) electrons. The number of ether oxygens (including phenoxy) is 3. The van der Waals surface area contributed by atoms with Crippen molar-refractivity contribution in [3.8, 4) is 17.2 Å². The van der Waals surface area contributed by atoms with Crippen molar-refractivity contribution in [3.05, 3.63) is 47.5 Å². The Kier molecular flexibility index (Phi) is 7.56. The van der Waals surface area contributed by atoms with Gasteiger partial charge in [-0.05, 0) is 49.5 Å². The molecule has 2 aromatic rings. The Balaban J connectivity index is 1.77. The largest absolute Gasteiger partial charge is 0.497 e. The van der Waals surface area contributed by atoms with Crippen LogP contribution in [0.1, 0.15) is 0 Å². The number of anilines is 1. The van der Waals surface area contributed by atoms with Crippen molar-refractivity contribution >= 4 is 23.2 Å². The molecule has 0 saturated carbocycles. The van der Waals surface area contributed by atoms with E-state index in [1.165, 1.54) is 0 Å².